The zero-order chi connectivity index (χ0) is 15.9. The number of anilines is 1. The molecule has 0 bridgehead atoms. The van der Waals surface area contributed by atoms with E-state index in [2.05, 4.69) is 5.10 Å². The van der Waals surface area contributed by atoms with E-state index in [1.54, 1.807) is 0 Å². The van der Waals surface area contributed by atoms with Crippen molar-refractivity contribution in [3.8, 4) is 0 Å². The number of halogens is 2. The molecule has 13 heteroatoms. The Kier molecular flexibility index (Phi) is 9.05. The molecule has 0 fully saturated rings. The fourth-order valence-corrected chi connectivity index (χ4v) is 3.05. The molecule has 0 radical (unpaired) electrons. The summed E-state index contributed by atoms with van der Waals surface area (Å²) in [5.74, 6) is -1.59. The van der Waals surface area contributed by atoms with E-state index in [0.717, 1.165) is 17.1 Å². The Morgan fingerprint density at radius 3 is 2.30 bits per heavy atom. The number of carboxylic acid groups (broad SMARTS) is 1. The van der Waals surface area contributed by atoms with Crippen molar-refractivity contribution in [2.24, 2.45) is 5.10 Å². The van der Waals surface area contributed by atoms with Gasteiger partial charge in [-0.25, -0.2) is 0 Å². The molecule has 1 atom stereocenters. The van der Waals surface area contributed by atoms with Gasteiger partial charge in [-0.2, -0.15) is 13.5 Å². The van der Waals surface area contributed by atoms with Crippen LogP contribution >= 0.6 is 23.2 Å². The molecule has 0 amide bonds. The van der Waals surface area contributed by atoms with Crippen molar-refractivity contribution < 1.29 is 87.1 Å². The number of rotatable bonds is 3. The van der Waals surface area contributed by atoms with Gasteiger partial charge in [-0.1, -0.05) is 23.2 Å². The van der Waals surface area contributed by atoms with Crippen LogP contribution in [-0.2, 0) is 14.9 Å². The fourth-order valence-electron chi connectivity index (χ4n) is 1.71. The summed E-state index contributed by atoms with van der Waals surface area (Å²) in [7, 11) is -4.59. The summed E-state index contributed by atoms with van der Waals surface area (Å²) in [6.07, 6.45) is -1.97. The van der Waals surface area contributed by atoms with Crippen LogP contribution in [0.25, 0.3) is 0 Å². The van der Waals surface area contributed by atoms with Crippen molar-refractivity contribution in [1.82, 2.24) is 0 Å². The average molecular weight is 399 g/mol. The van der Waals surface area contributed by atoms with Gasteiger partial charge < -0.3 is 15.0 Å². The van der Waals surface area contributed by atoms with E-state index in [1.807, 2.05) is 0 Å². The van der Waals surface area contributed by atoms with Crippen LogP contribution < -0.4 is 74.3 Å². The second-order valence-corrected chi connectivity index (χ2v) is 6.25. The molecule has 1 N–H and O–H groups in total. The third-order valence-electron chi connectivity index (χ3n) is 2.63. The van der Waals surface area contributed by atoms with Gasteiger partial charge in [0.25, 0.3) is 10.1 Å². The van der Waals surface area contributed by atoms with E-state index in [9.17, 15) is 23.4 Å². The zero-order valence-electron chi connectivity index (χ0n) is 12.0. The first kappa shape index (κ1) is 23.6. The topological polar surface area (TPSA) is 133 Å². The number of hydrazone groups is 1. The normalized spacial score (nSPS) is 17.1. The summed E-state index contributed by atoms with van der Waals surface area (Å²) >= 11 is 11.5. The molecule has 1 aliphatic heterocycles. The minimum atomic E-state index is -4.59. The van der Waals surface area contributed by atoms with Crippen molar-refractivity contribution in [2.75, 3.05) is 5.01 Å². The fraction of sp³-hybridized carbons (Fsp3) is 0.200. The second-order valence-electron chi connectivity index (χ2n) is 4.05. The standard InChI is InChI=1S/C10H7Cl2N2O6S.2Na/c11-4-2-8(21(18,19)20)5(12)1-7(4)14-9(15)3-6(13-14)10(16)17;;/h1-2,9H,3H2,(H,16,17)(H,18,19,20);;/q-1;2*+1/p-1. The van der Waals surface area contributed by atoms with E-state index in [-0.39, 0.29) is 74.8 Å². The molecule has 1 aliphatic rings. The van der Waals surface area contributed by atoms with Gasteiger partial charge in [0.15, 0.2) is 0 Å². The number of carbonyl (C=O) groups is 1. The quantitative estimate of drug-likeness (QED) is 0.395. The van der Waals surface area contributed by atoms with Gasteiger partial charge in [-0.3, -0.25) is 9.56 Å². The number of hydrogen-bond donors (Lipinski definition) is 1. The maximum absolute atomic E-state index is 11.8. The summed E-state index contributed by atoms with van der Waals surface area (Å²) in [6.45, 7) is 0. The molecule has 0 aliphatic carbocycles. The van der Waals surface area contributed by atoms with Crippen molar-refractivity contribution in [3.05, 3.63) is 22.2 Å². The summed E-state index contributed by atoms with van der Waals surface area (Å²) in [5.41, 5.74) is -0.536. The molecule has 0 spiro atoms. The first-order chi connectivity index (χ1) is 9.61. The van der Waals surface area contributed by atoms with Gasteiger partial charge in [-0.05, 0) is 18.4 Å². The van der Waals surface area contributed by atoms with Crippen LogP contribution in [0.4, 0.5) is 5.69 Å². The first-order valence-electron chi connectivity index (χ1n) is 5.31. The van der Waals surface area contributed by atoms with Crippen LogP contribution in [-0.4, -0.2) is 30.9 Å². The number of hydrogen-bond acceptors (Lipinski definition) is 7. The average Bonchev–Trinajstić information content (AvgIpc) is 2.72. The zero-order valence-corrected chi connectivity index (χ0v) is 18.3. The Morgan fingerprint density at radius 2 is 1.87 bits per heavy atom. The monoisotopic (exact) mass is 398 g/mol. The van der Waals surface area contributed by atoms with Crippen molar-refractivity contribution in [1.29, 1.82) is 0 Å². The van der Waals surface area contributed by atoms with Crippen molar-refractivity contribution in [2.45, 2.75) is 17.5 Å². The number of carbonyl (C=O) groups excluding carboxylic acids is 1. The molecule has 1 aromatic rings. The summed E-state index contributed by atoms with van der Waals surface area (Å²) in [6, 6.07) is 1.84. The summed E-state index contributed by atoms with van der Waals surface area (Å²) in [5, 5.41) is 26.1. The minimum Gasteiger partial charge on any atom is -0.834 e. The van der Waals surface area contributed by atoms with Crippen LogP contribution in [0.1, 0.15) is 6.42 Å². The maximum Gasteiger partial charge on any atom is 1.00 e. The van der Waals surface area contributed by atoms with Gasteiger partial charge in [0.2, 0.25) is 0 Å². The largest absolute Gasteiger partial charge is 1.00 e. The molecule has 2 rings (SSSR count). The maximum atomic E-state index is 11.8. The van der Waals surface area contributed by atoms with E-state index in [4.69, 9.17) is 27.8 Å². The van der Waals surface area contributed by atoms with E-state index >= 15 is 0 Å². The Labute approximate surface area is 185 Å². The smallest absolute Gasteiger partial charge is 0.834 e. The predicted molar refractivity (Wildman–Crippen MR) is 69.6 cm³/mol. The van der Waals surface area contributed by atoms with Gasteiger partial charge in [-0.15, -0.1) is 0 Å². The molecular weight excluding hydrogens is 393 g/mol. The van der Waals surface area contributed by atoms with E-state index < -0.39 is 39.3 Å². The van der Waals surface area contributed by atoms with Crippen LogP contribution in [0.2, 0.25) is 10.0 Å². The van der Waals surface area contributed by atoms with Crippen LogP contribution in [0, 0.1) is 0 Å². The first-order valence-corrected chi connectivity index (χ1v) is 7.51. The molecule has 8 nitrogen and oxygen atoms in total. The molecule has 0 aromatic heterocycles. The number of nitrogens with zero attached hydrogens (tertiary/aromatic N) is 2. The Balaban J connectivity index is 0.00000242. The van der Waals surface area contributed by atoms with Crippen LogP contribution in [0.15, 0.2) is 22.1 Å². The van der Waals surface area contributed by atoms with Crippen molar-refractivity contribution >= 4 is 50.7 Å². The third-order valence-corrected chi connectivity index (χ3v) is 4.25. The molecule has 1 unspecified atom stereocenters. The molecule has 1 aromatic carbocycles. The van der Waals surface area contributed by atoms with Crippen LogP contribution in [0.5, 0.6) is 0 Å². The van der Waals surface area contributed by atoms with Gasteiger partial charge in [0.05, 0.1) is 27.4 Å². The van der Waals surface area contributed by atoms with E-state index in [0.29, 0.717) is 0 Å². The molecule has 114 valence electrons. The Hall–Kier alpha value is 0.610. The number of benzene rings is 1. The second kappa shape index (κ2) is 8.81. The summed E-state index contributed by atoms with van der Waals surface area (Å²) in [4.78, 5) is 10.0. The Bertz CT molecular complexity index is 758. The molecule has 23 heavy (non-hydrogen) atoms. The van der Waals surface area contributed by atoms with Crippen LogP contribution in [0.3, 0.4) is 0 Å². The number of carboxylic acids is 1. The third kappa shape index (κ3) is 5.29. The van der Waals surface area contributed by atoms with Crippen molar-refractivity contribution in [3.63, 3.8) is 0 Å². The SMILES string of the molecule is O=C([O-])C1=NN(c2cc(Cl)c(S(=O)(=O)O)cc2Cl)C([O-])C1.[Na+].[Na+]. The van der Waals surface area contributed by atoms with Gasteiger partial charge >= 0.3 is 59.1 Å². The molecule has 0 saturated carbocycles. The molecule has 0 saturated heterocycles. The van der Waals surface area contributed by atoms with E-state index in [1.165, 1.54) is 0 Å². The molecular formula is C10H6Cl2N2Na2O6S. The summed E-state index contributed by atoms with van der Waals surface area (Å²) < 4.78 is 31.1. The van der Waals surface area contributed by atoms with Gasteiger partial charge in [0.1, 0.15) is 4.90 Å². The predicted octanol–water partition coefficient (Wildman–Crippen LogP) is -6.75. The Morgan fingerprint density at radius 1 is 1.30 bits per heavy atom. The number of aliphatic carboxylic acids is 1. The molecule has 1 heterocycles. The van der Waals surface area contributed by atoms with Gasteiger partial charge in [0, 0.05) is 6.42 Å². The minimum absolute atomic E-state index is 0.